The van der Waals surface area contributed by atoms with Gasteiger partial charge in [-0.2, -0.15) is 0 Å². The molecule has 114 valence electrons. The van der Waals surface area contributed by atoms with Crippen LogP contribution in [-0.2, 0) is 29.4 Å². The number of sulfonamides is 1. The number of hydrogen-bond acceptors (Lipinski definition) is 4. The molecule has 2 rings (SSSR count). The van der Waals surface area contributed by atoms with E-state index < -0.39 is 10.0 Å². The molecule has 1 heterocycles. The Morgan fingerprint density at radius 1 is 1.14 bits per heavy atom. The van der Waals surface area contributed by atoms with Crippen molar-refractivity contribution in [3.8, 4) is 0 Å². The van der Waals surface area contributed by atoms with Crippen LogP contribution in [0.4, 0.5) is 0 Å². The van der Waals surface area contributed by atoms with E-state index in [1.165, 1.54) is 11.1 Å². The molecule has 1 aromatic heterocycles. The van der Waals surface area contributed by atoms with Crippen LogP contribution < -0.4 is 5.14 Å². The molecule has 2 aromatic rings. The van der Waals surface area contributed by atoms with Crippen molar-refractivity contribution >= 4 is 10.0 Å². The van der Waals surface area contributed by atoms with Gasteiger partial charge in [0.1, 0.15) is 5.82 Å². The summed E-state index contributed by atoms with van der Waals surface area (Å²) in [5.74, 6) is 0.654. The molecular weight excluding hydrogens is 288 g/mol. The minimum absolute atomic E-state index is 0.150. The van der Waals surface area contributed by atoms with Gasteiger partial charge in [0, 0.05) is 13.0 Å². The van der Waals surface area contributed by atoms with Gasteiger partial charge in [0.15, 0.2) is 0 Å². The highest BCUT2D eigenvalue weighted by Crippen LogP contribution is 2.12. The van der Waals surface area contributed by atoms with Gasteiger partial charge >= 0.3 is 0 Å². The molecule has 6 nitrogen and oxygen atoms in total. The predicted molar refractivity (Wildman–Crippen MR) is 80.3 cm³/mol. The normalized spacial score (nSPS) is 11.8. The van der Waals surface area contributed by atoms with Crippen LogP contribution in [-0.4, -0.2) is 23.2 Å². The fourth-order valence-electron chi connectivity index (χ4n) is 2.17. The van der Waals surface area contributed by atoms with Crippen LogP contribution in [0.15, 0.2) is 29.4 Å². The highest BCUT2D eigenvalue weighted by atomic mass is 32.2. The zero-order valence-electron chi connectivity index (χ0n) is 12.3. The summed E-state index contributed by atoms with van der Waals surface area (Å²) in [4.78, 5) is 0. The van der Waals surface area contributed by atoms with Crippen LogP contribution in [0.5, 0.6) is 0 Å². The van der Waals surface area contributed by atoms with Crippen molar-refractivity contribution in [3.63, 3.8) is 0 Å². The number of primary sulfonamides is 1. The maximum atomic E-state index is 11.5. The molecule has 0 unspecified atom stereocenters. The summed E-state index contributed by atoms with van der Waals surface area (Å²) < 4.78 is 24.6. The van der Waals surface area contributed by atoms with E-state index in [0.29, 0.717) is 18.8 Å². The number of hydrogen-bond donors (Lipinski definition) is 1. The molecule has 0 aliphatic rings. The SMILES string of the molecule is CCCn1c(CCc2ccc(C)cc2)nnc1S(N)(=O)=O. The highest BCUT2D eigenvalue weighted by Gasteiger charge is 2.20. The lowest BCUT2D eigenvalue weighted by molar-refractivity contribution is 0.546. The maximum Gasteiger partial charge on any atom is 0.273 e. The Labute approximate surface area is 125 Å². The summed E-state index contributed by atoms with van der Waals surface area (Å²) >= 11 is 0. The molecule has 0 aliphatic heterocycles. The average Bonchev–Trinajstić information content (AvgIpc) is 2.82. The topological polar surface area (TPSA) is 90.9 Å². The summed E-state index contributed by atoms with van der Waals surface area (Å²) in [7, 11) is -3.83. The third kappa shape index (κ3) is 3.89. The first-order chi connectivity index (χ1) is 9.91. The van der Waals surface area contributed by atoms with Crippen LogP contribution in [0.25, 0.3) is 0 Å². The molecule has 0 spiro atoms. The van der Waals surface area contributed by atoms with Crippen molar-refractivity contribution in [3.05, 3.63) is 41.2 Å². The number of benzene rings is 1. The number of aryl methyl sites for hydroxylation is 3. The van der Waals surface area contributed by atoms with Crippen molar-refractivity contribution in [1.29, 1.82) is 0 Å². The van der Waals surface area contributed by atoms with Crippen molar-refractivity contribution in [2.24, 2.45) is 5.14 Å². The van der Waals surface area contributed by atoms with Crippen LogP contribution in [0.3, 0.4) is 0 Å². The summed E-state index contributed by atoms with van der Waals surface area (Å²) in [6.45, 7) is 4.55. The first-order valence-electron chi connectivity index (χ1n) is 6.92. The molecule has 0 saturated heterocycles. The lowest BCUT2D eigenvalue weighted by atomic mass is 10.1. The first-order valence-corrected chi connectivity index (χ1v) is 8.47. The van der Waals surface area contributed by atoms with Crippen LogP contribution in [0.1, 0.15) is 30.3 Å². The van der Waals surface area contributed by atoms with Gasteiger partial charge in [0.05, 0.1) is 0 Å². The second kappa shape index (κ2) is 6.36. The Morgan fingerprint density at radius 3 is 2.38 bits per heavy atom. The fourth-order valence-corrected chi connectivity index (χ4v) is 2.83. The van der Waals surface area contributed by atoms with E-state index in [-0.39, 0.29) is 5.16 Å². The van der Waals surface area contributed by atoms with Gasteiger partial charge in [-0.15, -0.1) is 10.2 Å². The lowest BCUT2D eigenvalue weighted by Crippen LogP contribution is -2.19. The third-order valence-corrected chi connectivity index (χ3v) is 4.06. The molecule has 0 radical (unpaired) electrons. The van der Waals surface area contributed by atoms with Crippen LogP contribution in [0, 0.1) is 6.92 Å². The second-order valence-electron chi connectivity index (χ2n) is 5.08. The van der Waals surface area contributed by atoms with Crippen molar-refractivity contribution in [1.82, 2.24) is 14.8 Å². The van der Waals surface area contributed by atoms with Crippen molar-refractivity contribution in [2.75, 3.05) is 0 Å². The van der Waals surface area contributed by atoms with Gasteiger partial charge in [-0.3, -0.25) is 0 Å². The van der Waals surface area contributed by atoms with Gasteiger partial charge < -0.3 is 4.57 Å². The van der Waals surface area contributed by atoms with Crippen LogP contribution >= 0.6 is 0 Å². The largest absolute Gasteiger partial charge is 0.301 e. The Hall–Kier alpha value is -1.73. The number of nitrogens with two attached hydrogens (primary N) is 1. The average molecular weight is 308 g/mol. The minimum atomic E-state index is -3.83. The molecule has 0 bridgehead atoms. The summed E-state index contributed by atoms with van der Waals surface area (Å²) in [6, 6.07) is 8.25. The summed E-state index contributed by atoms with van der Waals surface area (Å²) in [6.07, 6.45) is 2.20. The third-order valence-electron chi connectivity index (χ3n) is 3.25. The van der Waals surface area contributed by atoms with Gasteiger partial charge in [0.25, 0.3) is 15.2 Å². The standard InChI is InChI=1S/C14H20N4O2S/c1-3-10-18-13(16-17-14(18)21(15,19)20)9-8-12-6-4-11(2)5-7-12/h4-7H,3,8-10H2,1-2H3,(H2,15,19,20). The first kappa shape index (κ1) is 15.7. The molecule has 2 N–H and O–H groups in total. The minimum Gasteiger partial charge on any atom is -0.301 e. The fraction of sp³-hybridized carbons (Fsp3) is 0.429. The highest BCUT2D eigenvalue weighted by molar-refractivity contribution is 7.89. The zero-order chi connectivity index (χ0) is 15.5. The molecule has 0 amide bonds. The van der Waals surface area contributed by atoms with E-state index in [2.05, 4.69) is 34.5 Å². The molecule has 0 fully saturated rings. The van der Waals surface area contributed by atoms with Gasteiger partial charge in [-0.05, 0) is 25.3 Å². The van der Waals surface area contributed by atoms with E-state index in [4.69, 9.17) is 5.14 Å². The van der Waals surface area contributed by atoms with E-state index in [9.17, 15) is 8.42 Å². The quantitative estimate of drug-likeness (QED) is 0.874. The Kier molecular flexibility index (Phi) is 4.74. The molecule has 0 atom stereocenters. The Morgan fingerprint density at radius 2 is 1.81 bits per heavy atom. The molecule has 1 aromatic carbocycles. The molecule has 21 heavy (non-hydrogen) atoms. The smallest absolute Gasteiger partial charge is 0.273 e. The van der Waals surface area contributed by atoms with E-state index in [1.54, 1.807) is 4.57 Å². The number of rotatable bonds is 6. The lowest BCUT2D eigenvalue weighted by Gasteiger charge is -2.08. The Bertz CT molecular complexity index is 705. The summed E-state index contributed by atoms with van der Waals surface area (Å²) in [5.41, 5.74) is 2.40. The van der Waals surface area contributed by atoms with Crippen LogP contribution in [0.2, 0.25) is 0 Å². The molecule has 0 aliphatic carbocycles. The van der Waals surface area contributed by atoms with Gasteiger partial charge in [-0.1, -0.05) is 36.8 Å². The van der Waals surface area contributed by atoms with Gasteiger partial charge in [-0.25, -0.2) is 13.6 Å². The maximum absolute atomic E-state index is 11.5. The van der Waals surface area contributed by atoms with E-state index in [0.717, 1.165) is 12.8 Å². The van der Waals surface area contributed by atoms with E-state index >= 15 is 0 Å². The van der Waals surface area contributed by atoms with Gasteiger partial charge in [0.2, 0.25) is 0 Å². The molecular formula is C14H20N4O2S. The number of nitrogens with zero attached hydrogens (tertiary/aromatic N) is 3. The zero-order valence-corrected chi connectivity index (χ0v) is 13.1. The molecule has 0 saturated carbocycles. The number of aromatic nitrogens is 3. The van der Waals surface area contributed by atoms with Crippen molar-refractivity contribution in [2.45, 2.75) is 44.8 Å². The monoisotopic (exact) mass is 308 g/mol. The van der Waals surface area contributed by atoms with Crippen molar-refractivity contribution < 1.29 is 8.42 Å². The predicted octanol–water partition coefficient (Wildman–Crippen LogP) is 1.43. The summed E-state index contributed by atoms with van der Waals surface area (Å²) in [5, 5.41) is 12.7. The Balaban J connectivity index is 2.20. The molecule has 7 heteroatoms. The van der Waals surface area contributed by atoms with E-state index in [1.807, 2.05) is 13.8 Å². The second-order valence-corrected chi connectivity index (χ2v) is 6.54.